The maximum atomic E-state index is 12.6. The molecule has 1 saturated carbocycles. The molecule has 0 spiro atoms. The Labute approximate surface area is 79.9 Å². The summed E-state index contributed by atoms with van der Waals surface area (Å²) in [5.74, 6) is -4.40. The van der Waals surface area contributed by atoms with Crippen LogP contribution in [0.3, 0.4) is 0 Å². The standard InChI is InChI=1S/C8H13F2NO3/c9-8(10,4-12)3-11-6(7(13)14)5-1-2-5/h5-6,11-12H,1-4H2,(H,13,14). The maximum Gasteiger partial charge on any atom is 0.320 e. The molecule has 0 aromatic heterocycles. The molecule has 1 rings (SSSR count). The first kappa shape index (κ1) is 11.3. The highest BCUT2D eigenvalue weighted by Gasteiger charge is 2.38. The first-order valence-electron chi connectivity index (χ1n) is 4.41. The number of carboxylic acid groups (broad SMARTS) is 1. The lowest BCUT2D eigenvalue weighted by atomic mass is 10.2. The quantitative estimate of drug-likeness (QED) is 0.579. The second-order valence-electron chi connectivity index (χ2n) is 3.55. The highest BCUT2D eigenvalue weighted by atomic mass is 19.3. The first-order valence-corrected chi connectivity index (χ1v) is 4.41. The normalized spacial score (nSPS) is 19.4. The molecule has 0 bridgehead atoms. The van der Waals surface area contributed by atoms with Crippen molar-refractivity contribution in [1.82, 2.24) is 5.32 Å². The van der Waals surface area contributed by atoms with E-state index >= 15 is 0 Å². The van der Waals surface area contributed by atoms with E-state index in [9.17, 15) is 13.6 Å². The minimum Gasteiger partial charge on any atom is -0.480 e. The average Bonchev–Trinajstić information content (AvgIpc) is 2.88. The highest BCUT2D eigenvalue weighted by Crippen LogP contribution is 2.32. The van der Waals surface area contributed by atoms with Gasteiger partial charge in [0.1, 0.15) is 12.6 Å². The van der Waals surface area contributed by atoms with Crippen LogP contribution in [-0.4, -0.2) is 41.3 Å². The van der Waals surface area contributed by atoms with Crippen LogP contribution >= 0.6 is 0 Å². The van der Waals surface area contributed by atoms with E-state index < -0.39 is 31.1 Å². The summed E-state index contributed by atoms with van der Waals surface area (Å²) in [7, 11) is 0. The molecular weight excluding hydrogens is 196 g/mol. The average molecular weight is 209 g/mol. The van der Waals surface area contributed by atoms with Crippen LogP contribution in [0.1, 0.15) is 12.8 Å². The smallest absolute Gasteiger partial charge is 0.320 e. The fraction of sp³-hybridized carbons (Fsp3) is 0.875. The second-order valence-corrected chi connectivity index (χ2v) is 3.55. The van der Waals surface area contributed by atoms with Gasteiger partial charge >= 0.3 is 5.97 Å². The van der Waals surface area contributed by atoms with E-state index in [2.05, 4.69) is 5.32 Å². The highest BCUT2D eigenvalue weighted by molar-refractivity contribution is 5.74. The number of hydrogen-bond acceptors (Lipinski definition) is 3. The van der Waals surface area contributed by atoms with Crippen LogP contribution in [0.5, 0.6) is 0 Å². The first-order chi connectivity index (χ1) is 6.46. The Morgan fingerprint density at radius 2 is 2.14 bits per heavy atom. The van der Waals surface area contributed by atoms with Gasteiger partial charge in [0.25, 0.3) is 5.92 Å². The number of aliphatic carboxylic acids is 1. The van der Waals surface area contributed by atoms with Crippen LogP contribution < -0.4 is 5.32 Å². The van der Waals surface area contributed by atoms with Crippen molar-refractivity contribution in [3.05, 3.63) is 0 Å². The molecular formula is C8H13F2NO3. The van der Waals surface area contributed by atoms with Gasteiger partial charge in [0.05, 0.1) is 6.54 Å². The predicted molar refractivity (Wildman–Crippen MR) is 44.2 cm³/mol. The van der Waals surface area contributed by atoms with Crippen molar-refractivity contribution in [1.29, 1.82) is 0 Å². The molecule has 3 N–H and O–H groups in total. The molecule has 0 saturated heterocycles. The van der Waals surface area contributed by atoms with Crippen LogP contribution in [-0.2, 0) is 4.79 Å². The second kappa shape index (κ2) is 4.18. The van der Waals surface area contributed by atoms with Crippen LogP contribution in [0.15, 0.2) is 0 Å². The third-order valence-corrected chi connectivity index (χ3v) is 2.17. The zero-order chi connectivity index (χ0) is 10.8. The van der Waals surface area contributed by atoms with Gasteiger partial charge in [-0.3, -0.25) is 10.1 Å². The summed E-state index contributed by atoms with van der Waals surface area (Å²) in [4.78, 5) is 10.6. The van der Waals surface area contributed by atoms with Gasteiger partial charge in [-0.15, -0.1) is 0 Å². The number of aliphatic hydroxyl groups excluding tert-OH is 1. The van der Waals surface area contributed by atoms with Crippen molar-refractivity contribution in [3.63, 3.8) is 0 Å². The molecule has 0 aromatic carbocycles. The summed E-state index contributed by atoms with van der Waals surface area (Å²) in [6.07, 6.45) is 1.52. The molecule has 82 valence electrons. The van der Waals surface area contributed by atoms with Gasteiger partial charge in [0.2, 0.25) is 0 Å². The Kier molecular flexibility index (Phi) is 3.38. The van der Waals surface area contributed by atoms with Gasteiger partial charge in [-0.2, -0.15) is 0 Å². The fourth-order valence-electron chi connectivity index (χ4n) is 1.20. The Bertz CT molecular complexity index is 219. The van der Waals surface area contributed by atoms with E-state index in [0.29, 0.717) is 0 Å². The number of carbonyl (C=O) groups is 1. The van der Waals surface area contributed by atoms with Gasteiger partial charge in [0, 0.05) is 0 Å². The topological polar surface area (TPSA) is 69.6 Å². The third-order valence-electron chi connectivity index (χ3n) is 2.17. The van der Waals surface area contributed by atoms with Crippen molar-refractivity contribution >= 4 is 5.97 Å². The molecule has 1 fully saturated rings. The van der Waals surface area contributed by atoms with Crippen molar-refractivity contribution in [2.45, 2.75) is 24.8 Å². The molecule has 1 atom stereocenters. The lowest BCUT2D eigenvalue weighted by molar-refractivity contribution is -0.140. The zero-order valence-electron chi connectivity index (χ0n) is 7.54. The van der Waals surface area contributed by atoms with Crippen molar-refractivity contribution in [2.24, 2.45) is 5.92 Å². The van der Waals surface area contributed by atoms with Crippen LogP contribution in [0.4, 0.5) is 8.78 Å². The fourth-order valence-corrected chi connectivity index (χ4v) is 1.20. The molecule has 4 nitrogen and oxygen atoms in total. The van der Waals surface area contributed by atoms with Crippen molar-refractivity contribution in [3.8, 4) is 0 Å². The summed E-state index contributed by atoms with van der Waals surface area (Å²) < 4.78 is 25.1. The van der Waals surface area contributed by atoms with Gasteiger partial charge in [0.15, 0.2) is 0 Å². The Morgan fingerprint density at radius 1 is 1.57 bits per heavy atom. The maximum absolute atomic E-state index is 12.6. The lowest BCUT2D eigenvalue weighted by Crippen LogP contribution is -2.45. The summed E-state index contributed by atoms with van der Waals surface area (Å²) in [6, 6.07) is -0.910. The molecule has 0 heterocycles. The summed E-state index contributed by atoms with van der Waals surface area (Å²) in [5.41, 5.74) is 0. The Morgan fingerprint density at radius 3 is 2.50 bits per heavy atom. The monoisotopic (exact) mass is 209 g/mol. The largest absolute Gasteiger partial charge is 0.480 e. The SMILES string of the molecule is O=C(O)C(NCC(F)(F)CO)C1CC1. The molecule has 6 heteroatoms. The number of halogens is 2. The van der Waals surface area contributed by atoms with Crippen LogP contribution in [0.2, 0.25) is 0 Å². The van der Waals surface area contributed by atoms with E-state index in [1.54, 1.807) is 0 Å². The summed E-state index contributed by atoms with van der Waals surface area (Å²) >= 11 is 0. The van der Waals surface area contributed by atoms with Gasteiger partial charge in [-0.05, 0) is 18.8 Å². The van der Waals surface area contributed by atoms with E-state index in [-0.39, 0.29) is 5.92 Å². The number of aliphatic hydroxyl groups is 1. The lowest BCUT2D eigenvalue weighted by Gasteiger charge is -2.18. The van der Waals surface area contributed by atoms with Gasteiger partial charge in [-0.1, -0.05) is 0 Å². The predicted octanol–water partition coefficient (Wildman–Crippen LogP) is 0.0668. The van der Waals surface area contributed by atoms with E-state index in [0.717, 1.165) is 12.8 Å². The minimum absolute atomic E-state index is 0.0398. The third kappa shape index (κ3) is 3.19. The minimum atomic E-state index is -3.25. The number of rotatable bonds is 6. The Hall–Kier alpha value is -0.750. The molecule has 14 heavy (non-hydrogen) atoms. The van der Waals surface area contributed by atoms with Gasteiger partial charge < -0.3 is 10.2 Å². The van der Waals surface area contributed by atoms with E-state index in [1.807, 2.05) is 0 Å². The van der Waals surface area contributed by atoms with E-state index in [1.165, 1.54) is 0 Å². The van der Waals surface area contributed by atoms with Crippen molar-refractivity contribution < 1.29 is 23.8 Å². The van der Waals surface area contributed by atoms with Gasteiger partial charge in [-0.25, -0.2) is 8.78 Å². The molecule has 1 aliphatic carbocycles. The van der Waals surface area contributed by atoms with E-state index in [4.69, 9.17) is 10.2 Å². The number of nitrogens with one attached hydrogen (secondary N) is 1. The molecule has 0 radical (unpaired) electrons. The van der Waals surface area contributed by atoms with Crippen LogP contribution in [0.25, 0.3) is 0 Å². The number of carboxylic acids is 1. The molecule has 0 amide bonds. The molecule has 0 aromatic rings. The molecule has 0 aliphatic heterocycles. The molecule has 1 unspecified atom stereocenters. The Balaban J connectivity index is 2.37. The summed E-state index contributed by atoms with van der Waals surface area (Å²) in [5, 5.41) is 19.2. The molecule has 1 aliphatic rings. The number of alkyl halides is 2. The van der Waals surface area contributed by atoms with Crippen molar-refractivity contribution in [2.75, 3.05) is 13.2 Å². The summed E-state index contributed by atoms with van der Waals surface area (Å²) in [6.45, 7) is -2.06. The number of hydrogen-bond donors (Lipinski definition) is 3. The van der Waals surface area contributed by atoms with Crippen LogP contribution in [0, 0.1) is 5.92 Å². The zero-order valence-corrected chi connectivity index (χ0v) is 7.54.